The summed E-state index contributed by atoms with van der Waals surface area (Å²) in [5.41, 5.74) is 0. The number of fused-ring (bicyclic) bond motifs is 2. The normalized spacial score (nSPS) is 31.6. The summed E-state index contributed by atoms with van der Waals surface area (Å²) in [6.45, 7) is 3.31. The van der Waals surface area contributed by atoms with Crippen molar-refractivity contribution in [3.05, 3.63) is 18.2 Å². The maximum atomic E-state index is 4.66. The van der Waals surface area contributed by atoms with Crippen molar-refractivity contribution in [2.45, 2.75) is 63.7 Å². The first-order chi connectivity index (χ1) is 9.74. The maximum Gasteiger partial charge on any atom is 0.126 e. The Morgan fingerprint density at radius 3 is 2.65 bits per heavy atom. The average molecular weight is 276 g/mol. The van der Waals surface area contributed by atoms with Gasteiger partial charge in [0, 0.05) is 31.0 Å². The van der Waals surface area contributed by atoms with Crippen LogP contribution in [0.3, 0.4) is 0 Å². The van der Waals surface area contributed by atoms with E-state index in [9.17, 15) is 0 Å². The van der Waals surface area contributed by atoms with Crippen LogP contribution in [-0.4, -0.2) is 40.6 Å². The van der Waals surface area contributed by atoms with Crippen LogP contribution >= 0.6 is 0 Å². The van der Waals surface area contributed by atoms with Crippen LogP contribution in [0.2, 0.25) is 0 Å². The van der Waals surface area contributed by atoms with Crippen LogP contribution in [0.5, 0.6) is 0 Å². The van der Waals surface area contributed by atoms with Crippen molar-refractivity contribution >= 4 is 0 Å². The van der Waals surface area contributed by atoms with Gasteiger partial charge in [0.05, 0.1) is 6.04 Å². The minimum Gasteiger partial charge on any atom is -0.334 e. The summed E-state index contributed by atoms with van der Waals surface area (Å²) in [4.78, 5) is 7.27. The lowest BCUT2D eigenvalue weighted by molar-refractivity contribution is 0.111. The highest BCUT2D eigenvalue weighted by Crippen LogP contribution is 2.42. The van der Waals surface area contributed by atoms with Crippen LogP contribution < -0.4 is 5.32 Å². The molecule has 20 heavy (non-hydrogen) atoms. The second-order valence-electron chi connectivity index (χ2n) is 6.53. The minimum atomic E-state index is 0.411. The summed E-state index contributed by atoms with van der Waals surface area (Å²) in [6.07, 6.45) is 10.7. The van der Waals surface area contributed by atoms with Crippen molar-refractivity contribution in [1.29, 1.82) is 0 Å². The fourth-order valence-corrected chi connectivity index (χ4v) is 4.33. The van der Waals surface area contributed by atoms with E-state index in [0.29, 0.717) is 6.04 Å². The summed E-state index contributed by atoms with van der Waals surface area (Å²) < 4.78 is 2.33. The van der Waals surface area contributed by atoms with Gasteiger partial charge in [0.15, 0.2) is 0 Å². The van der Waals surface area contributed by atoms with Crippen molar-refractivity contribution in [3.63, 3.8) is 0 Å². The van der Waals surface area contributed by atoms with Crippen molar-refractivity contribution in [1.82, 2.24) is 19.8 Å². The van der Waals surface area contributed by atoms with Crippen LogP contribution in [0, 0.1) is 5.92 Å². The Morgan fingerprint density at radius 1 is 1.35 bits per heavy atom. The molecule has 4 heteroatoms. The quantitative estimate of drug-likeness (QED) is 0.896. The number of nitrogens with zero attached hydrogens (tertiary/aromatic N) is 3. The first-order valence-corrected chi connectivity index (χ1v) is 8.14. The van der Waals surface area contributed by atoms with E-state index in [-0.39, 0.29) is 0 Å². The highest BCUT2D eigenvalue weighted by molar-refractivity contribution is 5.05. The fraction of sp³-hybridized carbons (Fsp3) is 0.812. The van der Waals surface area contributed by atoms with Gasteiger partial charge in [0.2, 0.25) is 0 Å². The molecule has 2 bridgehead atoms. The largest absolute Gasteiger partial charge is 0.334 e. The molecule has 0 aliphatic carbocycles. The predicted molar refractivity (Wildman–Crippen MR) is 81.6 cm³/mol. The van der Waals surface area contributed by atoms with E-state index in [1.165, 1.54) is 37.9 Å². The Balaban J connectivity index is 1.78. The Bertz CT molecular complexity index is 427. The second kappa shape index (κ2) is 5.86. The smallest absolute Gasteiger partial charge is 0.126 e. The van der Waals surface area contributed by atoms with E-state index in [0.717, 1.165) is 24.5 Å². The number of imidazole rings is 1. The van der Waals surface area contributed by atoms with Gasteiger partial charge >= 0.3 is 0 Å². The molecule has 0 amide bonds. The molecule has 2 aliphatic heterocycles. The zero-order valence-corrected chi connectivity index (χ0v) is 13.0. The molecule has 3 rings (SSSR count). The molecular weight excluding hydrogens is 248 g/mol. The first kappa shape index (κ1) is 14.1. The molecule has 2 saturated heterocycles. The molecule has 2 fully saturated rings. The number of nitrogens with one attached hydrogen (secondary N) is 1. The highest BCUT2D eigenvalue weighted by Gasteiger charge is 2.41. The number of rotatable bonds is 5. The SMILES string of the molecule is CCCn1ccnc1C(NC)C1CC2CCC(C1)N2C. The van der Waals surface area contributed by atoms with Gasteiger partial charge in [0.25, 0.3) is 0 Å². The monoisotopic (exact) mass is 276 g/mol. The lowest BCUT2D eigenvalue weighted by atomic mass is 9.84. The Hall–Kier alpha value is -0.870. The molecule has 1 aromatic rings. The molecule has 1 aromatic heterocycles. The number of aromatic nitrogens is 2. The number of hydrogen-bond acceptors (Lipinski definition) is 3. The molecular formula is C16H28N4. The summed E-state index contributed by atoms with van der Waals surface area (Å²) in [6, 6.07) is 2.00. The van der Waals surface area contributed by atoms with Gasteiger partial charge in [-0.25, -0.2) is 4.98 Å². The van der Waals surface area contributed by atoms with Crippen LogP contribution in [0.1, 0.15) is 50.9 Å². The molecule has 2 aliphatic rings. The molecule has 3 atom stereocenters. The lowest BCUT2D eigenvalue weighted by Gasteiger charge is -2.39. The van der Waals surface area contributed by atoms with Gasteiger partial charge in [-0.1, -0.05) is 6.92 Å². The number of piperidine rings is 1. The Labute approximate surface area is 122 Å². The molecule has 0 radical (unpaired) electrons. The van der Waals surface area contributed by atoms with Gasteiger partial charge in [-0.3, -0.25) is 0 Å². The van der Waals surface area contributed by atoms with Gasteiger partial charge in [-0.2, -0.15) is 0 Å². The molecule has 0 aromatic carbocycles. The topological polar surface area (TPSA) is 33.1 Å². The van der Waals surface area contributed by atoms with Crippen molar-refractivity contribution in [2.75, 3.05) is 14.1 Å². The van der Waals surface area contributed by atoms with E-state index >= 15 is 0 Å². The van der Waals surface area contributed by atoms with E-state index < -0.39 is 0 Å². The van der Waals surface area contributed by atoms with Crippen molar-refractivity contribution in [3.8, 4) is 0 Å². The molecule has 0 spiro atoms. The number of aryl methyl sites for hydroxylation is 1. The predicted octanol–water partition coefficient (Wildman–Crippen LogP) is 2.43. The standard InChI is InChI=1S/C16H28N4/c1-4-8-20-9-7-18-16(20)15(17-2)12-10-13-5-6-14(11-12)19(13)3/h7,9,12-15,17H,4-6,8,10-11H2,1-3H3. The maximum absolute atomic E-state index is 4.66. The molecule has 112 valence electrons. The van der Waals surface area contributed by atoms with Crippen LogP contribution in [0.4, 0.5) is 0 Å². The molecule has 3 heterocycles. The summed E-state index contributed by atoms with van der Waals surface area (Å²) in [7, 11) is 4.40. The first-order valence-electron chi connectivity index (χ1n) is 8.14. The third-order valence-electron chi connectivity index (χ3n) is 5.41. The van der Waals surface area contributed by atoms with E-state index in [4.69, 9.17) is 0 Å². The second-order valence-corrected chi connectivity index (χ2v) is 6.53. The Kier molecular flexibility index (Phi) is 4.13. The molecule has 4 nitrogen and oxygen atoms in total. The van der Waals surface area contributed by atoms with Crippen LogP contribution in [-0.2, 0) is 6.54 Å². The molecule has 1 N–H and O–H groups in total. The highest BCUT2D eigenvalue weighted by atomic mass is 15.2. The van der Waals surface area contributed by atoms with Gasteiger partial charge in [-0.15, -0.1) is 0 Å². The Morgan fingerprint density at radius 2 is 2.05 bits per heavy atom. The lowest BCUT2D eigenvalue weighted by Crippen LogP contribution is -2.43. The van der Waals surface area contributed by atoms with Crippen LogP contribution in [0.15, 0.2) is 12.4 Å². The minimum absolute atomic E-state index is 0.411. The van der Waals surface area contributed by atoms with E-state index in [1.807, 2.05) is 6.20 Å². The zero-order valence-electron chi connectivity index (χ0n) is 13.0. The number of hydrogen-bond donors (Lipinski definition) is 1. The summed E-state index contributed by atoms with van der Waals surface area (Å²) in [5.74, 6) is 1.97. The third kappa shape index (κ3) is 2.40. The van der Waals surface area contributed by atoms with Gasteiger partial charge in [0.1, 0.15) is 5.82 Å². The molecule has 0 saturated carbocycles. The summed E-state index contributed by atoms with van der Waals surface area (Å²) >= 11 is 0. The van der Waals surface area contributed by atoms with Crippen molar-refractivity contribution in [2.24, 2.45) is 5.92 Å². The van der Waals surface area contributed by atoms with Crippen LogP contribution in [0.25, 0.3) is 0 Å². The van der Waals surface area contributed by atoms with E-state index in [2.05, 4.69) is 47.0 Å². The van der Waals surface area contributed by atoms with Gasteiger partial charge in [-0.05, 0) is 52.1 Å². The summed E-state index contributed by atoms with van der Waals surface area (Å²) in [5, 5.41) is 3.55. The molecule has 3 unspecified atom stereocenters. The van der Waals surface area contributed by atoms with E-state index in [1.54, 1.807) is 0 Å². The fourth-order valence-electron chi connectivity index (χ4n) is 4.33. The van der Waals surface area contributed by atoms with Gasteiger partial charge < -0.3 is 14.8 Å². The van der Waals surface area contributed by atoms with Crippen molar-refractivity contribution < 1.29 is 0 Å². The average Bonchev–Trinajstić information content (AvgIpc) is 2.94. The third-order valence-corrected chi connectivity index (χ3v) is 5.41. The zero-order chi connectivity index (χ0) is 14.1.